The minimum Gasteiger partial charge on any atom is -0.453 e. The van der Waals surface area contributed by atoms with E-state index in [0.717, 1.165) is 11.1 Å². The summed E-state index contributed by atoms with van der Waals surface area (Å²) in [7, 11) is 0. The molecule has 1 atom stereocenters. The molecule has 32 heavy (non-hydrogen) atoms. The Morgan fingerprint density at radius 1 is 1.06 bits per heavy atom. The number of esters is 1. The molecule has 3 aromatic rings. The van der Waals surface area contributed by atoms with Gasteiger partial charge in [0.25, 0.3) is 5.91 Å². The summed E-state index contributed by atoms with van der Waals surface area (Å²) < 4.78 is 11.0. The van der Waals surface area contributed by atoms with E-state index in [1.807, 2.05) is 55.5 Å². The normalized spacial score (nSPS) is 12.3. The van der Waals surface area contributed by atoms with Gasteiger partial charge in [0.2, 0.25) is 0 Å². The number of carbonyl (C=O) groups is 2. The Labute approximate surface area is 189 Å². The van der Waals surface area contributed by atoms with Gasteiger partial charge in [-0.05, 0) is 37.0 Å². The predicted octanol–water partition coefficient (Wildman–Crippen LogP) is 5.45. The van der Waals surface area contributed by atoms with Crippen molar-refractivity contribution in [3.8, 4) is 11.3 Å². The third kappa shape index (κ3) is 6.30. The number of oxazole rings is 1. The molecule has 1 amide bonds. The van der Waals surface area contributed by atoms with Crippen LogP contribution < -0.4 is 5.32 Å². The molecule has 0 aliphatic heterocycles. The molecule has 0 saturated heterocycles. The lowest BCUT2D eigenvalue weighted by Crippen LogP contribution is -2.30. The number of aryl methyl sites for hydroxylation is 2. The summed E-state index contributed by atoms with van der Waals surface area (Å²) in [5, 5.41) is 2.78. The van der Waals surface area contributed by atoms with Crippen molar-refractivity contribution < 1.29 is 18.7 Å². The lowest BCUT2D eigenvalue weighted by Gasteiger charge is -2.19. The molecule has 168 valence electrons. The highest BCUT2D eigenvalue weighted by atomic mass is 16.5. The van der Waals surface area contributed by atoms with Crippen LogP contribution in [0.2, 0.25) is 0 Å². The molecule has 0 aliphatic carbocycles. The van der Waals surface area contributed by atoms with Gasteiger partial charge in [0.1, 0.15) is 0 Å². The van der Waals surface area contributed by atoms with Crippen molar-refractivity contribution in [1.29, 1.82) is 0 Å². The van der Waals surface area contributed by atoms with Crippen molar-refractivity contribution in [3.63, 3.8) is 0 Å². The molecule has 0 radical (unpaired) electrons. The van der Waals surface area contributed by atoms with Gasteiger partial charge in [-0.3, -0.25) is 9.59 Å². The molecule has 3 rings (SSSR count). The SMILES string of the molecule is Cc1ccc(-c2cnc(CCC(=O)OC(C)C(=O)Nc3ccc(C(C)(C)C)cc3)o2)cc1. The molecule has 6 heteroatoms. The second-order valence-electron chi connectivity index (χ2n) is 8.93. The zero-order valence-corrected chi connectivity index (χ0v) is 19.3. The smallest absolute Gasteiger partial charge is 0.307 e. The van der Waals surface area contributed by atoms with Crippen molar-refractivity contribution in [2.75, 3.05) is 5.32 Å². The van der Waals surface area contributed by atoms with Crippen molar-refractivity contribution in [1.82, 2.24) is 4.98 Å². The maximum absolute atomic E-state index is 12.4. The Balaban J connectivity index is 1.47. The number of rotatable bonds is 7. The fourth-order valence-corrected chi connectivity index (χ4v) is 3.09. The molecule has 0 spiro atoms. The highest BCUT2D eigenvalue weighted by Gasteiger charge is 2.19. The van der Waals surface area contributed by atoms with E-state index in [-0.39, 0.29) is 17.7 Å². The molecule has 1 unspecified atom stereocenters. The number of benzene rings is 2. The number of hydrogen-bond acceptors (Lipinski definition) is 5. The van der Waals surface area contributed by atoms with E-state index in [1.165, 1.54) is 5.56 Å². The molecule has 1 heterocycles. The van der Waals surface area contributed by atoms with Gasteiger partial charge in [-0.15, -0.1) is 0 Å². The van der Waals surface area contributed by atoms with Crippen LogP contribution in [0.1, 0.15) is 51.1 Å². The molecule has 0 saturated carbocycles. The van der Waals surface area contributed by atoms with E-state index in [9.17, 15) is 9.59 Å². The second-order valence-corrected chi connectivity index (χ2v) is 8.93. The van der Waals surface area contributed by atoms with Gasteiger partial charge in [-0.2, -0.15) is 0 Å². The zero-order chi connectivity index (χ0) is 23.3. The Morgan fingerprint density at radius 3 is 2.34 bits per heavy atom. The summed E-state index contributed by atoms with van der Waals surface area (Å²) in [5.74, 6) is 0.248. The maximum atomic E-state index is 12.4. The number of nitrogens with one attached hydrogen (secondary N) is 1. The molecule has 0 aliphatic rings. The van der Waals surface area contributed by atoms with Gasteiger partial charge in [0.05, 0.1) is 12.6 Å². The number of anilines is 1. The third-order valence-electron chi connectivity index (χ3n) is 5.13. The van der Waals surface area contributed by atoms with Gasteiger partial charge in [-0.1, -0.05) is 62.7 Å². The van der Waals surface area contributed by atoms with Crippen LogP contribution in [0.15, 0.2) is 59.1 Å². The first-order valence-corrected chi connectivity index (χ1v) is 10.7. The summed E-state index contributed by atoms with van der Waals surface area (Å²) in [4.78, 5) is 28.8. The van der Waals surface area contributed by atoms with Gasteiger partial charge >= 0.3 is 5.97 Å². The second kappa shape index (κ2) is 9.81. The summed E-state index contributed by atoms with van der Waals surface area (Å²) in [6.45, 7) is 9.96. The maximum Gasteiger partial charge on any atom is 0.307 e. The van der Waals surface area contributed by atoms with E-state index in [1.54, 1.807) is 13.1 Å². The van der Waals surface area contributed by atoms with Crippen LogP contribution in [-0.4, -0.2) is 23.0 Å². The van der Waals surface area contributed by atoms with Crippen LogP contribution in [0.5, 0.6) is 0 Å². The molecule has 1 aromatic heterocycles. The number of amides is 1. The third-order valence-corrected chi connectivity index (χ3v) is 5.13. The Kier molecular flexibility index (Phi) is 7.13. The van der Waals surface area contributed by atoms with Crippen LogP contribution in [0, 0.1) is 6.92 Å². The molecule has 0 fully saturated rings. The molecule has 2 aromatic carbocycles. The number of aromatic nitrogens is 1. The van der Waals surface area contributed by atoms with Crippen molar-refractivity contribution in [3.05, 3.63) is 71.7 Å². The summed E-state index contributed by atoms with van der Waals surface area (Å²) >= 11 is 0. The number of nitrogens with zero attached hydrogens (tertiary/aromatic N) is 1. The van der Waals surface area contributed by atoms with Crippen LogP contribution >= 0.6 is 0 Å². The minimum atomic E-state index is -0.905. The number of carbonyl (C=O) groups excluding carboxylic acids is 2. The topological polar surface area (TPSA) is 81.4 Å². The van der Waals surface area contributed by atoms with Gasteiger partial charge in [0, 0.05) is 17.7 Å². The lowest BCUT2D eigenvalue weighted by atomic mass is 9.87. The first-order chi connectivity index (χ1) is 15.1. The van der Waals surface area contributed by atoms with Gasteiger partial charge in [0.15, 0.2) is 17.8 Å². The average Bonchev–Trinajstić information content (AvgIpc) is 3.21. The lowest BCUT2D eigenvalue weighted by molar-refractivity contribution is -0.153. The van der Waals surface area contributed by atoms with Crippen molar-refractivity contribution in [2.45, 2.75) is 59.0 Å². The largest absolute Gasteiger partial charge is 0.453 e. The van der Waals surface area contributed by atoms with Crippen LogP contribution in [0.25, 0.3) is 11.3 Å². The summed E-state index contributed by atoms with van der Waals surface area (Å²) in [5.41, 5.74) is 3.96. The standard InChI is InChI=1S/C26H30N2O4/c1-17-6-8-19(9-7-17)22-16-27-23(32-22)14-15-24(29)31-18(2)25(30)28-21-12-10-20(11-13-21)26(3,4)5/h6-13,16,18H,14-15H2,1-5H3,(H,28,30). The highest BCUT2D eigenvalue weighted by Crippen LogP contribution is 2.24. The van der Waals surface area contributed by atoms with E-state index < -0.39 is 12.1 Å². The Bertz CT molecular complexity index is 1060. The number of hydrogen-bond donors (Lipinski definition) is 1. The molecular weight excluding hydrogens is 404 g/mol. The fourth-order valence-electron chi connectivity index (χ4n) is 3.09. The van der Waals surface area contributed by atoms with Crippen LogP contribution in [0.3, 0.4) is 0 Å². The highest BCUT2D eigenvalue weighted by molar-refractivity contribution is 5.95. The minimum absolute atomic E-state index is 0.0368. The predicted molar refractivity (Wildman–Crippen MR) is 124 cm³/mol. The Hall–Kier alpha value is -3.41. The summed E-state index contributed by atoms with van der Waals surface area (Å²) in [6, 6.07) is 15.6. The molecule has 6 nitrogen and oxygen atoms in total. The average molecular weight is 435 g/mol. The molecule has 1 N–H and O–H groups in total. The van der Waals surface area contributed by atoms with E-state index in [2.05, 4.69) is 31.1 Å². The van der Waals surface area contributed by atoms with Crippen LogP contribution in [-0.2, 0) is 26.2 Å². The van der Waals surface area contributed by atoms with E-state index >= 15 is 0 Å². The molecular formula is C26H30N2O4. The first-order valence-electron chi connectivity index (χ1n) is 10.7. The van der Waals surface area contributed by atoms with Crippen molar-refractivity contribution in [2.24, 2.45) is 0 Å². The van der Waals surface area contributed by atoms with Crippen molar-refractivity contribution >= 4 is 17.6 Å². The van der Waals surface area contributed by atoms with E-state index in [4.69, 9.17) is 9.15 Å². The van der Waals surface area contributed by atoms with E-state index in [0.29, 0.717) is 23.8 Å². The van der Waals surface area contributed by atoms with Crippen LogP contribution in [0.4, 0.5) is 5.69 Å². The number of ether oxygens (including phenoxy) is 1. The first kappa shape index (κ1) is 23.3. The zero-order valence-electron chi connectivity index (χ0n) is 19.3. The quantitative estimate of drug-likeness (QED) is 0.500. The monoisotopic (exact) mass is 434 g/mol. The summed E-state index contributed by atoms with van der Waals surface area (Å²) in [6.07, 6.45) is 1.11. The fraction of sp³-hybridized carbons (Fsp3) is 0.346. The van der Waals surface area contributed by atoms with Gasteiger partial charge in [-0.25, -0.2) is 4.98 Å². The Morgan fingerprint density at radius 2 is 1.72 bits per heavy atom. The molecule has 0 bridgehead atoms. The van der Waals surface area contributed by atoms with Gasteiger partial charge < -0.3 is 14.5 Å².